The van der Waals surface area contributed by atoms with Crippen LogP contribution < -0.4 is 5.32 Å². The van der Waals surface area contributed by atoms with E-state index in [-0.39, 0.29) is 17.8 Å². The van der Waals surface area contributed by atoms with Gasteiger partial charge in [-0.15, -0.1) is 0 Å². The minimum atomic E-state index is -0.263. The first-order valence-corrected chi connectivity index (χ1v) is 5.74. The zero-order valence-corrected chi connectivity index (χ0v) is 9.94. The summed E-state index contributed by atoms with van der Waals surface area (Å²) >= 11 is 6.00. The summed E-state index contributed by atoms with van der Waals surface area (Å²) in [6, 6.07) is 3.02. The van der Waals surface area contributed by atoms with Crippen LogP contribution >= 0.6 is 11.6 Å². The average molecular weight is 244 g/mol. The predicted octanol–water partition coefficient (Wildman–Crippen LogP) is 2.97. The Morgan fingerprint density at radius 3 is 2.75 bits per heavy atom. The van der Waals surface area contributed by atoms with E-state index in [1.807, 2.05) is 0 Å². The van der Waals surface area contributed by atoms with Gasteiger partial charge in [-0.05, 0) is 37.5 Å². The fourth-order valence-electron chi connectivity index (χ4n) is 1.63. The minimum Gasteiger partial charge on any atom is -0.396 e. The molecule has 0 radical (unpaired) electrons. The Bertz CT molecular complexity index is 404. The predicted molar refractivity (Wildman–Crippen MR) is 63.4 cm³/mol. The van der Waals surface area contributed by atoms with Crippen molar-refractivity contribution < 1.29 is 9.50 Å². The van der Waals surface area contributed by atoms with Gasteiger partial charge < -0.3 is 10.4 Å². The van der Waals surface area contributed by atoms with Crippen molar-refractivity contribution in [1.29, 1.82) is 0 Å². The van der Waals surface area contributed by atoms with Gasteiger partial charge in [0.25, 0.3) is 0 Å². The van der Waals surface area contributed by atoms with Crippen molar-refractivity contribution in [3.63, 3.8) is 0 Å². The monoisotopic (exact) mass is 243 g/mol. The number of halogens is 2. The molecule has 2 rings (SSSR count). The average Bonchev–Trinajstić information content (AvgIpc) is 3.02. The van der Waals surface area contributed by atoms with E-state index < -0.39 is 0 Å². The fraction of sp³-hybridized carbons (Fsp3) is 0.500. The van der Waals surface area contributed by atoms with Crippen LogP contribution in [0.4, 0.5) is 10.1 Å². The third-order valence-corrected chi connectivity index (χ3v) is 3.51. The Kier molecular flexibility index (Phi) is 3.08. The van der Waals surface area contributed by atoms with E-state index >= 15 is 0 Å². The Labute approximate surface area is 99.4 Å². The lowest BCUT2D eigenvalue weighted by Crippen LogP contribution is -2.19. The van der Waals surface area contributed by atoms with Gasteiger partial charge in [0, 0.05) is 12.0 Å². The Balaban J connectivity index is 2.07. The maximum Gasteiger partial charge on any atom is 0.128 e. The second-order valence-electron chi connectivity index (χ2n) is 4.59. The van der Waals surface area contributed by atoms with Crippen LogP contribution in [0.15, 0.2) is 12.1 Å². The molecule has 1 aliphatic rings. The van der Waals surface area contributed by atoms with Crippen LogP contribution in [0, 0.1) is 18.2 Å². The van der Waals surface area contributed by atoms with E-state index in [0.29, 0.717) is 22.8 Å². The van der Waals surface area contributed by atoms with Gasteiger partial charge in [0.2, 0.25) is 0 Å². The maximum atomic E-state index is 13.3. The first-order chi connectivity index (χ1) is 7.56. The Hall–Kier alpha value is -0.800. The molecule has 1 aromatic carbocycles. The number of nitrogens with one attached hydrogen (secondary N) is 1. The van der Waals surface area contributed by atoms with Gasteiger partial charge in [-0.25, -0.2) is 4.39 Å². The molecule has 1 aliphatic carbocycles. The summed E-state index contributed by atoms with van der Waals surface area (Å²) in [5.41, 5.74) is 1.13. The number of anilines is 1. The molecule has 4 heteroatoms. The van der Waals surface area contributed by atoms with E-state index in [1.165, 1.54) is 6.07 Å². The smallest absolute Gasteiger partial charge is 0.128 e. The first kappa shape index (κ1) is 11.7. The molecule has 88 valence electrons. The van der Waals surface area contributed by atoms with Crippen LogP contribution in [0.3, 0.4) is 0 Å². The number of rotatable bonds is 4. The molecule has 1 fully saturated rings. The first-order valence-electron chi connectivity index (χ1n) is 5.37. The van der Waals surface area contributed by atoms with Gasteiger partial charge in [-0.3, -0.25) is 0 Å². The zero-order chi connectivity index (χ0) is 11.8. The third-order valence-electron chi connectivity index (χ3n) is 3.19. The molecule has 0 atom stereocenters. The van der Waals surface area contributed by atoms with Crippen LogP contribution in [0.5, 0.6) is 0 Å². The number of benzene rings is 1. The molecule has 2 nitrogen and oxygen atoms in total. The van der Waals surface area contributed by atoms with Crippen molar-refractivity contribution in [1.82, 2.24) is 0 Å². The third kappa shape index (κ3) is 2.30. The normalized spacial score (nSPS) is 17.2. The highest BCUT2D eigenvalue weighted by Crippen LogP contribution is 2.45. The number of aliphatic hydroxyl groups excluding tert-OH is 1. The number of hydrogen-bond donors (Lipinski definition) is 2. The highest BCUT2D eigenvalue weighted by atomic mass is 35.5. The zero-order valence-electron chi connectivity index (χ0n) is 9.19. The van der Waals surface area contributed by atoms with Crippen molar-refractivity contribution in [2.75, 3.05) is 18.5 Å². The SMILES string of the molecule is Cc1cc(Cl)c(NCC2(CO)CC2)cc1F. The molecule has 0 unspecified atom stereocenters. The summed E-state index contributed by atoms with van der Waals surface area (Å²) in [7, 11) is 0. The summed E-state index contributed by atoms with van der Waals surface area (Å²) in [6.45, 7) is 2.50. The van der Waals surface area contributed by atoms with Crippen LogP contribution in [-0.4, -0.2) is 18.3 Å². The molecule has 16 heavy (non-hydrogen) atoms. The molecule has 1 saturated carbocycles. The largest absolute Gasteiger partial charge is 0.396 e. The summed E-state index contributed by atoms with van der Waals surface area (Å²) in [5, 5.41) is 12.8. The second kappa shape index (κ2) is 4.22. The molecule has 0 aliphatic heterocycles. The van der Waals surface area contributed by atoms with Gasteiger partial charge in [-0.2, -0.15) is 0 Å². The van der Waals surface area contributed by atoms with Crippen LogP contribution in [0.1, 0.15) is 18.4 Å². The van der Waals surface area contributed by atoms with E-state index in [2.05, 4.69) is 5.32 Å². The molecular formula is C12H15ClFNO. The van der Waals surface area contributed by atoms with Gasteiger partial charge in [-0.1, -0.05) is 11.6 Å². The van der Waals surface area contributed by atoms with Crippen molar-refractivity contribution >= 4 is 17.3 Å². The summed E-state index contributed by atoms with van der Waals surface area (Å²) < 4.78 is 13.3. The molecule has 0 spiro atoms. The van der Waals surface area contributed by atoms with Crippen molar-refractivity contribution in [3.8, 4) is 0 Å². The number of hydrogen-bond acceptors (Lipinski definition) is 2. The summed E-state index contributed by atoms with van der Waals surface area (Å²) in [6.07, 6.45) is 2.03. The highest BCUT2D eigenvalue weighted by Gasteiger charge is 2.41. The van der Waals surface area contributed by atoms with Crippen LogP contribution in [0.2, 0.25) is 5.02 Å². The minimum absolute atomic E-state index is 0.00923. The number of aliphatic hydroxyl groups is 1. The Morgan fingerprint density at radius 2 is 2.19 bits per heavy atom. The number of aryl methyl sites for hydroxylation is 1. The van der Waals surface area contributed by atoms with Crippen molar-refractivity contribution in [2.45, 2.75) is 19.8 Å². The van der Waals surface area contributed by atoms with Crippen molar-refractivity contribution in [3.05, 3.63) is 28.5 Å². The molecule has 2 N–H and O–H groups in total. The maximum absolute atomic E-state index is 13.3. The molecule has 1 aromatic rings. The summed E-state index contributed by atoms with van der Waals surface area (Å²) in [5.74, 6) is -0.263. The van der Waals surface area contributed by atoms with Crippen LogP contribution in [-0.2, 0) is 0 Å². The fourth-order valence-corrected chi connectivity index (χ4v) is 1.92. The lowest BCUT2D eigenvalue weighted by atomic mass is 10.1. The van der Waals surface area contributed by atoms with E-state index in [9.17, 15) is 4.39 Å². The van der Waals surface area contributed by atoms with E-state index in [1.54, 1.807) is 13.0 Å². The van der Waals surface area contributed by atoms with Crippen LogP contribution in [0.25, 0.3) is 0 Å². The van der Waals surface area contributed by atoms with Gasteiger partial charge in [0.1, 0.15) is 5.82 Å². The van der Waals surface area contributed by atoms with Gasteiger partial charge >= 0.3 is 0 Å². The lowest BCUT2D eigenvalue weighted by Gasteiger charge is -2.15. The molecule has 0 bridgehead atoms. The van der Waals surface area contributed by atoms with Gasteiger partial charge in [0.15, 0.2) is 0 Å². The molecule has 0 saturated heterocycles. The van der Waals surface area contributed by atoms with Crippen molar-refractivity contribution in [2.24, 2.45) is 5.41 Å². The summed E-state index contributed by atoms with van der Waals surface area (Å²) in [4.78, 5) is 0. The highest BCUT2D eigenvalue weighted by molar-refractivity contribution is 6.33. The molecular weight excluding hydrogens is 229 g/mol. The topological polar surface area (TPSA) is 32.3 Å². The van der Waals surface area contributed by atoms with Gasteiger partial charge in [0.05, 0.1) is 17.3 Å². The lowest BCUT2D eigenvalue weighted by molar-refractivity contribution is 0.220. The van der Waals surface area contributed by atoms with E-state index in [4.69, 9.17) is 16.7 Å². The Morgan fingerprint density at radius 1 is 1.50 bits per heavy atom. The molecule has 0 heterocycles. The molecule has 0 amide bonds. The van der Waals surface area contributed by atoms with E-state index in [0.717, 1.165) is 12.8 Å². The quantitative estimate of drug-likeness (QED) is 0.852. The second-order valence-corrected chi connectivity index (χ2v) is 5.00. The standard InChI is InChI=1S/C12H15ClFNO/c1-8-4-9(13)11(5-10(8)14)15-6-12(7-16)2-3-12/h4-5,15-16H,2-3,6-7H2,1H3. The molecule has 0 aromatic heterocycles.